The second-order valence-electron chi connectivity index (χ2n) is 8.54. The van der Waals surface area contributed by atoms with E-state index in [1.807, 2.05) is 18.2 Å². The Hall–Kier alpha value is -3.40. The van der Waals surface area contributed by atoms with Crippen LogP contribution in [0.2, 0.25) is 0 Å². The normalized spacial score (nSPS) is 13.9. The standard InChI is InChI=1S/C27H31N3O5S/c31-27(29-23-6-2-1-3-7-23)35-25-10-8-22(9-11-25)16-17-28-36(32,33)26-14-12-24(13-15-26)34-21-20-30-18-4-5-19-30/h1-3,6-15,28H,4-5,16-21H2,(H,29,31). The Morgan fingerprint density at radius 2 is 1.53 bits per heavy atom. The number of anilines is 1. The lowest BCUT2D eigenvalue weighted by Crippen LogP contribution is -2.26. The van der Waals surface area contributed by atoms with Gasteiger partial charge in [0.05, 0.1) is 4.90 Å². The molecule has 1 aliphatic heterocycles. The number of carbonyl (C=O) groups is 1. The molecular formula is C27H31N3O5S. The molecule has 8 nitrogen and oxygen atoms in total. The van der Waals surface area contributed by atoms with Crippen molar-refractivity contribution in [2.75, 3.05) is 38.1 Å². The minimum absolute atomic E-state index is 0.197. The van der Waals surface area contributed by atoms with Gasteiger partial charge in [-0.1, -0.05) is 30.3 Å². The Balaban J connectivity index is 1.19. The van der Waals surface area contributed by atoms with Gasteiger partial charge in [-0.2, -0.15) is 0 Å². The van der Waals surface area contributed by atoms with Crippen molar-refractivity contribution < 1.29 is 22.7 Å². The molecule has 36 heavy (non-hydrogen) atoms. The summed E-state index contributed by atoms with van der Waals surface area (Å²) in [6, 6.07) is 22.5. The summed E-state index contributed by atoms with van der Waals surface area (Å²) in [7, 11) is -3.63. The SMILES string of the molecule is O=C(Nc1ccccc1)Oc1ccc(CCNS(=O)(=O)c2ccc(OCCN3CCCC3)cc2)cc1. The molecule has 9 heteroatoms. The molecule has 1 fully saturated rings. The van der Waals surface area contributed by atoms with E-state index in [0.29, 0.717) is 30.2 Å². The molecule has 0 aromatic heterocycles. The minimum Gasteiger partial charge on any atom is -0.492 e. The fourth-order valence-electron chi connectivity index (χ4n) is 3.92. The maximum absolute atomic E-state index is 12.6. The number of nitrogens with zero attached hydrogens (tertiary/aromatic N) is 1. The predicted molar refractivity (Wildman–Crippen MR) is 139 cm³/mol. The molecule has 3 aromatic rings. The molecule has 0 saturated carbocycles. The largest absolute Gasteiger partial charge is 0.492 e. The van der Waals surface area contributed by atoms with Gasteiger partial charge in [0.15, 0.2) is 0 Å². The molecule has 0 atom stereocenters. The Morgan fingerprint density at radius 3 is 2.22 bits per heavy atom. The van der Waals surface area contributed by atoms with Gasteiger partial charge in [0.2, 0.25) is 10.0 Å². The van der Waals surface area contributed by atoms with E-state index >= 15 is 0 Å². The van der Waals surface area contributed by atoms with Gasteiger partial charge in [-0.15, -0.1) is 0 Å². The van der Waals surface area contributed by atoms with Crippen LogP contribution in [0.15, 0.2) is 83.8 Å². The van der Waals surface area contributed by atoms with Gasteiger partial charge >= 0.3 is 6.09 Å². The van der Waals surface area contributed by atoms with E-state index in [0.717, 1.165) is 25.2 Å². The van der Waals surface area contributed by atoms with E-state index in [9.17, 15) is 13.2 Å². The summed E-state index contributed by atoms with van der Waals surface area (Å²) in [6.45, 7) is 3.96. The summed E-state index contributed by atoms with van der Waals surface area (Å²) in [5.74, 6) is 1.06. The van der Waals surface area contributed by atoms with E-state index in [1.165, 1.54) is 12.8 Å². The minimum atomic E-state index is -3.63. The van der Waals surface area contributed by atoms with Crippen molar-refractivity contribution in [3.63, 3.8) is 0 Å². The van der Waals surface area contributed by atoms with Crippen molar-refractivity contribution >= 4 is 21.8 Å². The molecule has 0 aliphatic carbocycles. The number of sulfonamides is 1. The van der Waals surface area contributed by atoms with Crippen molar-refractivity contribution in [2.24, 2.45) is 0 Å². The van der Waals surface area contributed by atoms with Crippen molar-refractivity contribution in [1.29, 1.82) is 0 Å². The third-order valence-corrected chi connectivity index (χ3v) is 7.35. The number of rotatable bonds is 11. The molecule has 3 aromatic carbocycles. The highest BCUT2D eigenvalue weighted by atomic mass is 32.2. The van der Waals surface area contributed by atoms with E-state index in [1.54, 1.807) is 60.7 Å². The van der Waals surface area contributed by atoms with Crippen LogP contribution in [0.4, 0.5) is 10.5 Å². The molecule has 0 radical (unpaired) electrons. The molecule has 1 aliphatic rings. The summed E-state index contributed by atoms with van der Waals surface area (Å²) in [4.78, 5) is 14.6. The first kappa shape index (κ1) is 25.7. The first-order chi connectivity index (χ1) is 17.5. The van der Waals surface area contributed by atoms with Gasteiger partial charge in [0.1, 0.15) is 18.1 Å². The van der Waals surface area contributed by atoms with Crippen molar-refractivity contribution in [3.8, 4) is 11.5 Å². The van der Waals surface area contributed by atoms with Gasteiger partial charge in [-0.25, -0.2) is 17.9 Å². The summed E-state index contributed by atoms with van der Waals surface area (Å²) >= 11 is 0. The van der Waals surface area contributed by atoms with Gasteiger partial charge in [0, 0.05) is 18.8 Å². The van der Waals surface area contributed by atoms with Crippen molar-refractivity contribution in [1.82, 2.24) is 9.62 Å². The number of carbonyl (C=O) groups excluding carboxylic acids is 1. The lowest BCUT2D eigenvalue weighted by atomic mass is 10.1. The highest BCUT2D eigenvalue weighted by Crippen LogP contribution is 2.17. The summed E-state index contributed by atoms with van der Waals surface area (Å²) in [5.41, 5.74) is 1.56. The Labute approximate surface area is 212 Å². The Bertz CT molecular complexity index is 1210. The predicted octanol–water partition coefficient (Wildman–Crippen LogP) is 4.29. The fraction of sp³-hybridized carbons (Fsp3) is 0.296. The van der Waals surface area contributed by atoms with Crippen LogP contribution in [-0.4, -0.2) is 52.2 Å². The highest BCUT2D eigenvalue weighted by molar-refractivity contribution is 7.89. The average molecular weight is 510 g/mol. The lowest BCUT2D eigenvalue weighted by Gasteiger charge is -2.15. The quantitative estimate of drug-likeness (QED) is 0.400. The van der Waals surface area contributed by atoms with Crippen LogP contribution in [0.3, 0.4) is 0 Å². The number of benzene rings is 3. The molecule has 1 heterocycles. The number of likely N-dealkylation sites (tertiary alicyclic amines) is 1. The van der Waals surface area contributed by atoms with Crippen LogP contribution < -0.4 is 19.5 Å². The van der Waals surface area contributed by atoms with Crippen LogP contribution in [0.1, 0.15) is 18.4 Å². The molecule has 1 amide bonds. The number of hydrogen-bond donors (Lipinski definition) is 2. The maximum Gasteiger partial charge on any atom is 0.417 e. The van der Waals surface area contributed by atoms with Gasteiger partial charge < -0.3 is 9.47 Å². The third-order valence-electron chi connectivity index (χ3n) is 5.87. The summed E-state index contributed by atoms with van der Waals surface area (Å²) in [5, 5.41) is 2.65. The molecule has 190 valence electrons. The Morgan fingerprint density at radius 1 is 0.861 bits per heavy atom. The van der Waals surface area contributed by atoms with Crippen LogP contribution >= 0.6 is 0 Å². The molecule has 1 saturated heterocycles. The molecule has 0 unspecified atom stereocenters. The first-order valence-electron chi connectivity index (χ1n) is 12.1. The number of hydrogen-bond acceptors (Lipinski definition) is 6. The van der Waals surface area contributed by atoms with Gasteiger partial charge in [-0.3, -0.25) is 10.2 Å². The topological polar surface area (TPSA) is 97.0 Å². The van der Waals surface area contributed by atoms with Crippen LogP contribution in [0.5, 0.6) is 11.5 Å². The third kappa shape index (κ3) is 7.81. The smallest absolute Gasteiger partial charge is 0.417 e. The summed E-state index contributed by atoms with van der Waals surface area (Å²) < 4.78 is 38.9. The highest BCUT2D eigenvalue weighted by Gasteiger charge is 2.14. The van der Waals surface area contributed by atoms with E-state index in [4.69, 9.17) is 9.47 Å². The molecular weight excluding hydrogens is 478 g/mol. The van der Waals surface area contributed by atoms with E-state index in [-0.39, 0.29) is 11.4 Å². The van der Waals surface area contributed by atoms with Crippen LogP contribution in [0, 0.1) is 0 Å². The average Bonchev–Trinajstić information content (AvgIpc) is 3.40. The monoisotopic (exact) mass is 509 g/mol. The number of para-hydroxylation sites is 1. The zero-order valence-electron chi connectivity index (χ0n) is 20.1. The number of ether oxygens (including phenoxy) is 2. The first-order valence-corrected chi connectivity index (χ1v) is 13.5. The summed E-state index contributed by atoms with van der Waals surface area (Å²) in [6.07, 6.45) is 2.40. The molecule has 4 rings (SSSR count). The zero-order valence-corrected chi connectivity index (χ0v) is 20.9. The molecule has 0 bridgehead atoms. The van der Waals surface area contributed by atoms with Crippen LogP contribution in [0.25, 0.3) is 0 Å². The van der Waals surface area contributed by atoms with Crippen molar-refractivity contribution in [2.45, 2.75) is 24.2 Å². The number of amides is 1. The van der Waals surface area contributed by atoms with Crippen LogP contribution in [-0.2, 0) is 16.4 Å². The molecule has 2 N–H and O–H groups in total. The second-order valence-corrected chi connectivity index (χ2v) is 10.3. The Kier molecular flexibility index (Phi) is 8.94. The second kappa shape index (κ2) is 12.5. The lowest BCUT2D eigenvalue weighted by molar-refractivity contribution is 0.215. The fourth-order valence-corrected chi connectivity index (χ4v) is 4.95. The van der Waals surface area contributed by atoms with Crippen molar-refractivity contribution in [3.05, 3.63) is 84.4 Å². The number of nitrogens with one attached hydrogen (secondary N) is 2. The van der Waals surface area contributed by atoms with Gasteiger partial charge in [-0.05, 0) is 86.4 Å². The molecule has 0 spiro atoms. The van der Waals surface area contributed by atoms with E-state index in [2.05, 4.69) is 14.9 Å². The van der Waals surface area contributed by atoms with E-state index < -0.39 is 16.1 Å². The van der Waals surface area contributed by atoms with Gasteiger partial charge in [0.25, 0.3) is 0 Å². The maximum atomic E-state index is 12.6. The zero-order chi connectivity index (χ0) is 25.2.